The van der Waals surface area contributed by atoms with Crippen molar-refractivity contribution in [2.45, 2.75) is 0 Å². The monoisotopic (exact) mass is 309 g/mol. The normalized spacial score (nSPS) is 10.3. The van der Waals surface area contributed by atoms with Gasteiger partial charge < -0.3 is 15.2 Å². The summed E-state index contributed by atoms with van der Waals surface area (Å²) in [5.74, 6) is 1.24. The Kier molecular flexibility index (Phi) is 3.97. The Morgan fingerprint density at radius 3 is 2.43 bits per heavy atom. The maximum absolute atomic E-state index is 11.9. The van der Waals surface area contributed by atoms with Gasteiger partial charge in [0.2, 0.25) is 5.95 Å². The van der Waals surface area contributed by atoms with Crippen LogP contribution in [-0.4, -0.2) is 22.2 Å². The van der Waals surface area contributed by atoms with Crippen molar-refractivity contribution >= 4 is 11.6 Å². The van der Waals surface area contributed by atoms with Gasteiger partial charge in [0, 0.05) is 17.3 Å². The third-order valence-electron chi connectivity index (χ3n) is 3.26. The first kappa shape index (κ1) is 14.6. The fourth-order valence-corrected chi connectivity index (χ4v) is 2.11. The van der Waals surface area contributed by atoms with Gasteiger partial charge in [0.25, 0.3) is 5.56 Å². The van der Waals surface area contributed by atoms with Gasteiger partial charge in [-0.2, -0.15) is 0 Å². The Morgan fingerprint density at radius 2 is 1.78 bits per heavy atom. The van der Waals surface area contributed by atoms with Crippen molar-refractivity contribution in [2.24, 2.45) is 0 Å². The molecule has 0 fully saturated rings. The number of methoxy groups -OCH3 is 1. The van der Waals surface area contributed by atoms with Crippen molar-refractivity contribution < 1.29 is 9.84 Å². The Balaban J connectivity index is 1.91. The van der Waals surface area contributed by atoms with Crippen LogP contribution < -0.4 is 15.6 Å². The fourth-order valence-electron chi connectivity index (χ4n) is 2.11. The zero-order valence-electron chi connectivity index (χ0n) is 12.4. The molecule has 1 aromatic heterocycles. The van der Waals surface area contributed by atoms with E-state index in [9.17, 15) is 9.90 Å². The van der Waals surface area contributed by atoms with E-state index in [4.69, 9.17) is 4.74 Å². The molecule has 0 atom stereocenters. The second kappa shape index (κ2) is 6.23. The number of aromatic amines is 1. The zero-order valence-corrected chi connectivity index (χ0v) is 12.4. The van der Waals surface area contributed by atoms with Crippen LogP contribution in [0, 0.1) is 0 Å². The molecule has 0 spiro atoms. The number of ether oxygens (including phenoxy) is 1. The lowest BCUT2D eigenvalue weighted by molar-refractivity contribution is 0.415. The summed E-state index contributed by atoms with van der Waals surface area (Å²) < 4.78 is 5.12. The molecule has 0 aliphatic rings. The van der Waals surface area contributed by atoms with Crippen LogP contribution >= 0.6 is 0 Å². The molecule has 6 heteroatoms. The number of aromatic hydroxyl groups is 1. The molecule has 6 nitrogen and oxygen atoms in total. The summed E-state index contributed by atoms with van der Waals surface area (Å²) in [6.07, 6.45) is 0. The third-order valence-corrected chi connectivity index (χ3v) is 3.26. The van der Waals surface area contributed by atoms with E-state index >= 15 is 0 Å². The molecule has 2 aromatic carbocycles. The van der Waals surface area contributed by atoms with E-state index in [2.05, 4.69) is 15.3 Å². The van der Waals surface area contributed by atoms with Crippen LogP contribution in [0.2, 0.25) is 0 Å². The highest BCUT2D eigenvalue weighted by Gasteiger charge is 2.05. The van der Waals surface area contributed by atoms with Gasteiger partial charge in [-0.25, -0.2) is 4.98 Å². The zero-order chi connectivity index (χ0) is 16.2. The molecule has 0 aliphatic heterocycles. The number of anilines is 2. The van der Waals surface area contributed by atoms with Crippen LogP contribution in [0.15, 0.2) is 59.4 Å². The molecule has 0 unspecified atom stereocenters. The highest BCUT2D eigenvalue weighted by molar-refractivity contribution is 5.62. The number of rotatable bonds is 4. The highest BCUT2D eigenvalue weighted by Crippen LogP contribution is 2.21. The molecule has 3 rings (SSSR count). The molecule has 0 aliphatic carbocycles. The first-order valence-corrected chi connectivity index (χ1v) is 6.96. The lowest BCUT2D eigenvalue weighted by Crippen LogP contribution is -2.10. The summed E-state index contributed by atoms with van der Waals surface area (Å²) in [5, 5.41) is 12.3. The van der Waals surface area contributed by atoms with Gasteiger partial charge in [-0.3, -0.25) is 9.78 Å². The standard InChI is InChI=1S/C17H15N3O3/c1-23-14-8-2-11(3-9-14)15-10-16(22)20-17(19-15)18-12-4-6-13(21)7-5-12/h2-10,21H,1H3,(H2,18,19,20,22). The van der Waals surface area contributed by atoms with Gasteiger partial charge in [0.15, 0.2) is 0 Å². The minimum Gasteiger partial charge on any atom is -0.508 e. The fraction of sp³-hybridized carbons (Fsp3) is 0.0588. The van der Waals surface area contributed by atoms with Gasteiger partial charge in [0.1, 0.15) is 11.5 Å². The van der Waals surface area contributed by atoms with Crippen LogP contribution in [-0.2, 0) is 0 Å². The van der Waals surface area contributed by atoms with Gasteiger partial charge in [-0.1, -0.05) is 0 Å². The molecule has 3 aromatic rings. The average molecular weight is 309 g/mol. The predicted octanol–water partition coefficient (Wildman–Crippen LogP) is 2.89. The summed E-state index contributed by atoms with van der Waals surface area (Å²) in [5.41, 5.74) is 1.81. The molecular weight excluding hydrogens is 294 g/mol. The third kappa shape index (κ3) is 3.49. The predicted molar refractivity (Wildman–Crippen MR) is 88.2 cm³/mol. The van der Waals surface area contributed by atoms with E-state index in [0.717, 1.165) is 11.3 Å². The summed E-state index contributed by atoms with van der Waals surface area (Å²) >= 11 is 0. The summed E-state index contributed by atoms with van der Waals surface area (Å²) in [6.45, 7) is 0. The second-order valence-corrected chi connectivity index (χ2v) is 4.88. The van der Waals surface area contributed by atoms with Gasteiger partial charge in [-0.05, 0) is 48.5 Å². The quantitative estimate of drug-likeness (QED) is 0.645. The van der Waals surface area contributed by atoms with Crippen LogP contribution in [0.4, 0.5) is 11.6 Å². The van der Waals surface area contributed by atoms with Crippen LogP contribution in [0.25, 0.3) is 11.3 Å². The average Bonchev–Trinajstić information content (AvgIpc) is 2.56. The maximum atomic E-state index is 11.9. The van der Waals surface area contributed by atoms with E-state index in [0.29, 0.717) is 17.3 Å². The number of benzene rings is 2. The van der Waals surface area contributed by atoms with Crippen LogP contribution in [0.3, 0.4) is 0 Å². The molecule has 0 bridgehead atoms. The Bertz CT molecular complexity index is 856. The van der Waals surface area contributed by atoms with Crippen molar-refractivity contribution in [3.63, 3.8) is 0 Å². The largest absolute Gasteiger partial charge is 0.508 e. The first-order valence-electron chi connectivity index (χ1n) is 6.96. The molecular formula is C17H15N3O3. The number of aromatic nitrogens is 2. The molecule has 3 N–H and O–H groups in total. The number of nitrogens with one attached hydrogen (secondary N) is 2. The van der Waals surface area contributed by atoms with Crippen molar-refractivity contribution in [1.82, 2.24) is 9.97 Å². The number of H-pyrrole nitrogens is 1. The lowest BCUT2D eigenvalue weighted by Gasteiger charge is -2.08. The summed E-state index contributed by atoms with van der Waals surface area (Å²) in [4.78, 5) is 18.9. The first-order chi connectivity index (χ1) is 11.1. The minimum absolute atomic E-state index is 0.170. The summed E-state index contributed by atoms with van der Waals surface area (Å²) in [6, 6.07) is 15.2. The molecule has 116 valence electrons. The number of phenolic OH excluding ortho intramolecular Hbond substituents is 1. The second-order valence-electron chi connectivity index (χ2n) is 4.88. The number of nitrogens with zero attached hydrogens (tertiary/aromatic N) is 1. The van der Waals surface area contributed by atoms with E-state index in [-0.39, 0.29) is 11.3 Å². The molecule has 0 radical (unpaired) electrons. The Hall–Kier alpha value is -3.28. The topological polar surface area (TPSA) is 87.2 Å². The van der Waals surface area contributed by atoms with Gasteiger partial charge in [-0.15, -0.1) is 0 Å². The summed E-state index contributed by atoms with van der Waals surface area (Å²) in [7, 11) is 1.60. The lowest BCUT2D eigenvalue weighted by atomic mass is 10.1. The molecule has 0 saturated carbocycles. The number of hydrogen-bond acceptors (Lipinski definition) is 5. The minimum atomic E-state index is -0.257. The number of hydrogen-bond donors (Lipinski definition) is 3. The molecule has 1 heterocycles. The SMILES string of the molecule is COc1ccc(-c2cc(=O)[nH]c(Nc3ccc(O)cc3)n2)cc1. The van der Waals surface area contributed by atoms with Crippen molar-refractivity contribution in [1.29, 1.82) is 0 Å². The van der Waals surface area contributed by atoms with Crippen molar-refractivity contribution in [3.8, 4) is 22.8 Å². The number of phenols is 1. The van der Waals surface area contributed by atoms with Crippen molar-refractivity contribution in [2.75, 3.05) is 12.4 Å². The molecule has 23 heavy (non-hydrogen) atoms. The van der Waals surface area contributed by atoms with Crippen LogP contribution in [0.5, 0.6) is 11.5 Å². The highest BCUT2D eigenvalue weighted by atomic mass is 16.5. The van der Waals surface area contributed by atoms with E-state index in [1.807, 2.05) is 24.3 Å². The van der Waals surface area contributed by atoms with Crippen molar-refractivity contribution in [3.05, 3.63) is 65.0 Å². The van der Waals surface area contributed by atoms with Crippen LogP contribution in [0.1, 0.15) is 0 Å². The maximum Gasteiger partial charge on any atom is 0.252 e. The Morgan fingerprint density at radius 1 is 1.09 bits per heavy atom. The molecule has 0 amide bonds. The van der Waals surface area contributed by atoms with Gasteiger partial charge >= 0.3 is 0 Å². The Labute approximate surface area is 132 Å². The molecule has 0 saturated heterocycles. The van der Waals surface area contributed by atoms with E-state index in [1.165, 1.54) is 6.07 Å². The van der Waals surface area contributed by atoms with E-state index in [1.54, 1.807) is 31.4 Å². The van der Waals surface area contributed by atoms with E-state index < -0.39 is 0 Å². The van der Waals surface area contributed by atoms with Gasteiger partial charge in [0.05, 0.1) is 12.8 Å². The smallest absolute Gasteiger partial charge is 0.252 e.